The fraction of sp³-hybridized carbons (Fsp3) is 0.474. The summed E-state index contributed by atoms with van der Waals surface area (Å²) in [4.78, 5) is 48.5. The number of aliphatic hydroxyl groups excluding tert-OH is 2. The number of amides is 3. The van der Waals surface area contributed by atoms with E-state index in [9.17, 15) is 29.4 Å². The second-order valence-electron chi connectivity index (χ2n) is 7.02. The average Bonchev–Trinajstić information content (AvgIpc) is 2.75. The molecule has 0 fully saturated rings. The molecule has 12 nitrogen and oxygen atoms in total. The van der Waals surface area contributed by atoms with Crippen molar-refractivity contribution >= 4 is 36.3 Å². The first-order valence-electron chi connectivity index (χ1n) is 9.57. The van der Waals surface area contributed by atoms with E-state index in [1.54, 1.807) is 0 Å². The summed E-state index contributed by atoms with van der Waals surface area (Å²) < 4.78 is 0. The Labute approximate surface area is 189 Å². The number of nitrogens with two attached hydrogens (primary N) is 1. The Bertz CT molecular complexity index is 805. The van der Waals surface area contributed by atoms with E-state index in [1.807, 2.05) is 0 Å². The van der Waals surface area contributed by atoms with Crippen LogP contribution in [-0.2, 0) is 25.6 Å². The van der Waals surface area contributed by atoms with Crippen LogP contribution < -0.4 is 21.7 Å². The molecule has 0 spiro atoms. The van der Waals surface area contributed by atoms with Gasteiger partial charge in [0, 0.05) is 12.2 Å². The van der Waals surface area contributed by atoms with Crippen LogP contribution in [0.1, 0.15) is 12.5 Å². The first kappa shape index (κ1) is 27.2. The van der Waals surface area contributed by atoms with Crippen molar-refractivity contribution in [2.45, 2.75) is 43.6 Å². The summed E-state index contributed by atoms with van der Waals surface area (Å²) in [7, 11) is 0. The Kier molecular flexibility index (Phi) is 10.9. The maximum Gasteiger partial charge on any atom is 0.328 e. The fourth-order valence-corrected chi connectivity index (χ4v) is 2.75. The number of nitrogens with one attached hydrogen (secondary N) is 3. The molecule has 0 aliphatic heterocycles. The van der Waals surface area contributed by atoms with E-state index in [2.05, 4.69) is 28.6 Å². The molecular weight excluding hydrogens is 444 g/mol. The SMILES string of the molecule is CC(O)C(N)C(=O)NC(CS)C(=O)NC(Cc1ccc(O)cc1)C(=O)NC(CO)C(=O)O. The molecule has 0 saturated heterocycles. The lowest BCUT2D eigenvalue weighted by Crippen LogP contribution is -2.59. The summed E-state index contributed by atoms with van der Waals surface area (Å²) in [5.74, 6) is -4.15. The van der Waals surface area contributed by atoms with Gasteiger partial charge in [0.2, 0.25) is 17.7 Å². The smallest absolute Gasteiger partial charge is 0.328 e. The topological polar surface area (TPSA) is 211 Å². The minimum atomic E-state index is -1.59. The molecule has 1 aromatic carbocycles. The first-order valence-corrected chi connectivity index (χ1v) is 10.2. The Balaban J connectivity index is 3.02. The molecular formula is C19H28N4O8S. The van der Waals surface area contributed by atoms with Gasteiger partial charge < -0.3 is 42.1 Å². The number of hydrogen-bond donors (Lipinski definition) is 9. The highest BCUT2D eigenvalue weighted by Crippen LogP contribution is 2.12. The van der Waals surface area contributed by atoms with Crippen molar-refractivity contribution in [3.05, 3.63) is 29.8 Å². The molecule has 1 rings (SSSR count). The van der Waals surface area contributed by atoms with E-state index in [0.29, 0.717) is 5.56 Å². The maximum absolute atomic E-state index is 12.7. The number of rotatable bonds is 12. The van der Waals surface area contributed by atoms with Gasteiger partial charge in [0.1, 0.15) is 29.9 Å². The fourth-order valence-electron chi connectivity index (χ4n) is 2.49. The van der Waals surface area contributed by atoms with Gasteiger partial charge in [0.15, 0.2) is 0 Å². The van der Waals surface area contributed by atoms with E-state index in [-0.39, 0.29) is 17.9 Å². The zero-order chi connectivity index (χ0) is 24.4. The Morgan fingerprint density at radius 2 is 1.47 bits per heavy atom. The number of carboxylic acids is 1. The second-order valence-corrected chi connectivity index (χ2v) is 7.39. The van der Waals surface area contributed by atoms with Crippen molar-refractivity contribution in [3.63, 3.8) is 0 Å². The highest BCUT2D eigenvalue weighted by atomic mass is 32.1. The number of hydrogen-bond acceptors (Lipinski definition) is 9. The van der Waals surface area contributed by atoms with Gasteiger partial charge in [-0.2, -0.15) is 12.6 Å². The van der Waals surface area contributed by atoms with Crippen molar-refractivity contribution in [1.29, 1.82) is 0 Å². The Morgan fingerprint density at radius 3 is 1.94 bits per heavy atom. The number of phenols is 1. The summed E-state index contributed by atoms with van der Waals surface area (Å²) >= 11 is 4.01. The number of aliphatic carboxylic acids is 1. The van der Waals surface area contributed by atoms with E-state index >= 15 is 0 Å². The van der Waals surface area contributed by atoms with Crippen molar-refractivity contribution in [3.8, 4) is 5.75 Å². The lowest BCUT2D eigenvalue weighted by Gasteiger charge is -2.24. The summed E-state index contributed by atoms with van der Waals surface area (Å²) in [6.45, 7) is 0.436. The molecule has 32 heavy (non-hydrogen) atoms. The molecule has 0 saturated carbocycles. The minimum absolute atomic E-state index is 0.0164. The molecule has 0 aliphatic rings. The van der Waals surface area contributed by atoms with Gasteiger partial charge in [0.25, 0.3) is 0 Å². The largest absolute Gasteiger partial charge is 0.508 e. The third-order valence-electron chi connectivity index (χ3n) is 4.44. The van der Waals surface area contributed by atoms with Crippen molar-refractivity contribution in [2.75, 3.05) is 12.4 Å². The van der Waals surface area contributed by atoms with Gasteiger partial charge in [-0.05, 0) is 24.6 Å². The summed E-state index contributed by atoms with van der Waals surface area (Å²) in [5.41, 5.74) is 6.07. The normalized spacial score (nSPS) is 15.5. The zero-order valence-electron chi connectivity index (χ0n) is 17.3. The van der Waals surface area contributed by atoms with Crippen molar-refractivity contribution in [2.24, 2.45) is 5.73 Å². The maximum atomic E-state index is 12.7. The average molecular weight is 473 g/mol. The lowest BCUT2D eigenvalue weighted by molar-refractivity contribution is -0.143. The van der Waals surface area contributed by atoms with E-state index in [4.69, 9.17) is 15.9 Å². The molecule has 0 heterocycles. The molecule has 9 N–H and O–H groups in total. The van der Waals surface area contributed by atoms with Gasteiger partial charge in [-0.25, -0.2) is 4.79 Å². The molecule has 1 aromatic rings. The van der Waals surface area contributed by atoms with Crippen LogP contribution in [0.15, 0.2) is 24.3 Å². The number of thiol groups is 1. The van der Waals surface area contributed by atoms with Crippen molar-refractivity contribution < 1.29 is 39.6 Å². The molecule has 0 radical (unpaired) electrons. The molecule has 0 bridgehead atoms. The summed E-state index contributed by atoms with van der Waals surface area (Å²) in [6, 6.07) is 0.365. The number of aromatic hydroxyl groups is 1. The quantitative estimate of drug-likeness (QED) is 0.143. The van der Waals surface area contributed by atoms with Crippen LogP contribution in [0.5, 0.6) is 5.75 Å². The summed E-state index contributed by atoms with van der Waals surface area (Å²) in [6.07, 6.45) is -1.26. The van der Waals surface area contributed by atoms with Crippen LogP contribution in [0, 0.1) is 0 Å². The number of carbonyl (C=O) groups excluding carboxylic acids is 3. The van der Waals surface area contributed by atoms with Crippen LogP contribution in [0.25, 0.3) is 0 Å². The predicted octanol–water partition coefficient (Wildman–Crippen LogP) is -2.90. The number of carbonyl (C=O) groups is 4. The molecule has 178 valence electrons. The van der Waals surface area contributed by atoms with Gasteiger partial charge >= 0.3 is 5.97 Å². The number of phenolic OH excluding ortho intramolecular Hbond substituents is 1. The molecule has 0 aliphatic carbocycles. The standard InChI is InChI=1S/C19H28N4O8S/c1-9(25)15(20)18(29)23-14(8-32)17(28)21-12(6-10-2-4-11(26)5-3-10)16(27)22-13(7-24)19(30)31/h2-5,9,12-15,24-26,32H,6-8,20H2,1H3,(H,21,28)(H,22,27)(H,23,29)(H,30,31). The summed E-state index contributed by atoms with van der Waals surface area (Å²) in [5, 5.41) is 43.9. The van der Waals surface area contributed by atoms with E-state index in [0.717, 1.165) is 0 Å². The second kappa shape index (κ2) is 12.9. The minimum Gasteiger partial charge on any atom is -0.508 e. The first-order chi connectivity index (χ1) is 15.0. The van der Waals surface area contributed by atoms with Gasteiger partial charge in [-0.1, -0.05) is 12.1 Å². The third kappa shape index (κ3) is 8.34. The van der Waals surface area contributed by atoms with Gasteiger partial charge in [-0.15, -0.1) is 0 Å². The Hall–Kier alpha value is -2.87. The van der Waals surface area contributed by atoms with Crippen molar-refractivity contribution in [1.82, 2.24) is 16.0 Å². The monoisotopic (exact) mass is 472 g/mol. The highest BCUT2D eigenvalue weighted by Gasteiger charge is 2.30. The molecule has 5 unspecified atom stereocenters. The molecule has 5 atom stereocenters. The van der Waals surface area contributed by atoms with E-state index in [1.165, 1.54) is 31.2 Å². The van der Waals surface area contributed by atoms with Gasteiger partial charge in [-0.3, -0.25) is 14.4 Å². The van der Waals surface area contributed by atoms with Gasteiger partial charge in [0.05, 0.1) is 12.7 Å². The predicted molar refractivity (Wildman–Crippen MR) is 116 cm³/mol. The lowest BCUT2D eigenvalue weighted by atomic mass is 10.0. The number of aliphatic hydroxyl groups is 2. The van der Waals surface area contributed by atoms with Crippen LogP contribution >= 0.6 is 12.6 Å². The van der Waals surface area contributed by atoms with Crippen LogP contribution in [-0.4, -0.2) is 86.7 Å². The van der Waals surface area contributed by atoms with Crippen LogP contribution in [0.3, 0.4) is 0 Å². The van der Waals surface area contributed by atoms with Crippen LogP contribution in [0.2, 0.25) is 0 Å². The third-order valence-corrected chi connectivity index (χ3v) is 4.81. The molecule has 0 aromatic heterocycles. The molecule has 13 heteroatoms. The number of carboxylic acid groups (broad SMARTS) is 1. The zero-order valence-corrected chi connectivity index (χ0v) is 18.2. The van der Waals surface area contributed by atoms with E-state index < -0.39 is 60.6 Å². The number of benzene rings is 1. The molecule has 3 amide bonds. The Morgan fingerprint density at radius 1 is 0.969 bits per heavy atom. The van der Waals surface area contributed by atoms with Crippen LogP contribution in [0.4, 0.5) is 0 Å². The highest BCUT2D eigenvalue weighted by molar-refractivity contribution is 7.80.